The molecule has 0 nitrogen and oxygen atoms in total. The number of unbranched alkanes of at least 4 members (excludes halogenated alkanes) is 2. The van der Waals surface area contributed by atoms with Gasteiger partial charge in [0.25, 0.3) is 0 Å². The number of rotatable bonds is 6. The van der Waals surface area contributed by atoms with Crippen molar-refractivity contribution >= 4 is 0 Å². The van der Waals surface area contributed by atoms with Crippen LogP contribution in [0, 0.1) is 5.92 Å². The highest BCUT2D eigenvalue weighted by atomic mass is 14.3. The van der Waals surface area contributed by atoms with Gasteiger partial charge in [-0.05, 0) is 59.8 Å². The number of aryl methyl sites for hydroxylation is 1. The normalized spacial score (nSPS) is 20.9. The van der Waals surface area contributed by atoms with Crippen molar-refractivity contribution < 1.29 is 0 Å². The highest BCUT2D eigenvalue weighted by molar-refractivity contribution is 5.68. The van der Waals surface area contributed by atoms with Crippen molar-refractivity contribution in [1.82, 2.24) is 0 Å². The lowest BCUT2D eigenvalue weighted by atomic mass is 9.77. The van der Waals surface area contributed by atoms with Crippen LogP contribution in [0.1, 0.15) is 75.8 Å². The third-order valence-corrected chi connectivity index (χ3v) is 5.73. The maximum absolute atomic E-state index is 2.54. The van der Waals surface area contributed by atoms with Gasteiger partial charge in [-0.25, -0.2) is 0 Å². The van der Waals surface area contributed by atoms with Gasteiger partial charge in [0.2, 0.25) is 0 Å². The molecule has 0 radical (unpaired) electrons. The van der Waals surface area contributed by atoms with Gasteiger partial charge < -0.3 is 0 Å². The van der Waals surface area contributed by atoms with E-state index in [4.69, 9.17) is 0 Å². The number of benzene rings is 2. The first-order valence-electron chi connectivity index (χ1n) is 9.96. The van der Waals surface area contributed by atoms with Gasteiger partial charge in [-0.2, -0.15) is 0 Å². The van der Waals surface area contributed by atoms with E-state index in [1.807, 2.05) is 0 Å². The molecule has 0 spiro atoms. The number of hydrogen-bond donors (Lipinski definition) is 0. The minimum atomic E-state index is 0.752. The van der Waals surface area contributed by atoms with Crippen LogP contribution in [0.15, 0.2) is 48.5 Å². The van der Waals surface area contributed by atoms with Crippen molar-refractivity contribution in [2.24, 2.45) is 5.92 Å². The zero-order valence-corrected chi connectivity index (χ0v) is 15.4. The van der Waals surface area contributed by atoms with Gasteiger partial charge in [-0.3, -0.25) is 0 Å². The van der Waals surface area contributed by atoms with Crippen molar-refractivity contribution in [2.45, 2.75) is 71.1 Å². The summed E-state index contributed by atoms with van der Waals surface area (Å²) >= 11 is 0. The maximum Gasteiger partial charge on any atom is -0.0149 e. The molecule has 0 heterocycles. The van der Waals surface area contributed by atoms with Crippen molar-refractivity contribution in [3.05, 3.63) is 59.7 Å². The van der Waals surface area contributed by atoms with Crippen molar-refractivity contribution in [2.75, 3.05) is 0 Å². The molecule has 1 aliphatic carbocycles. The molecule has 0 N–H and O–H groups in total. The van der Waals surface area contributed by atoms with Crippen molar-refractivity contribution in [1.29, 1.82) is 0 Å². The Bertz CT molecular complexity index is 618. The lowest BCUT2D eigenvalue weighted by molar-refractivity contribution is 0.348. The van der Waals surface area contributed by atoms with E-state index >= 15 is 0 Å². The second-order valence-corrected chi connectivity index (χ2v) is 7.70. The summed E-state index contributed by atoms with van der Waals surface area (Å²) in [4.78, 5) is 0. The topological polar surface area (TPSA) is 0 Å². The van der Waals surface area contributed by atoms with E-state index in [1.165, 1.54) is 68.1 Å². The predicted molar refractivity (Wildman–Crippen MR) is 105 cm³/mol. The average molecular weight is 321 g/mol. The zero-order valence-electron chi connectivity index (χ0n) is 15.4. The van der Waals surface area contributed by atoms with E-state index in [2.05, 4.69) is 62.4 Å². The minimum absolute atomic E-state index is 0.752. The Morgan fingerprint density at radius 1 is 0.875 bits per heavy atom. The molecule has 0 saturated heterocycles. The molecule has 3 rings (SSSR count). The van der Waals surface area contributed by atoms with E-state index in [-0.39, 0.29) is 0 Å². The van der Waals surface area contributed by atoms with E-state index in [0.717, 1.165) is 11.8 Å². The smallest absolute Gasteiger partial charge is 0.0149 e. The predicted octanol–water partition coefficient (Wildman–Crippen LogP) is 7.38. The average Bonchev–Trinajstić information content (AvgIpc) is 2.63. The van der Waals surface area contributed by atoms with E-state index in [0.29, 0.717) is 0 Å². The molecular weight excluding hydrogens is 288 g/mol. The molecule has 0 atom stereocenters. The van der Waals surface area contributed by atoms with Crippen LogP contribution in [0.4, 0.5) is 0 Å². The largest absolute Gasteiger partial charge is 0.0654 e. The third kappa shape index (κ3) is 4.29. The van der Waals surface area contributed by atoms with E-state index in [9.17, 15) is 0 Å². The van der Waals surface area contributed by atoms with Crippen LogP contribution in [0.3, 0.4) is 0 Å². The molecule has 1 saturated carbocycles. The van der Waals surface area contributed by atoms with Gasteiger partial charge in [-0.1, -0.05) is 88.1 Å². The van der Waals surface area contributed by atoms with E-state index < -0.39 is 0 Å². The Morgan fingerprint density at radius 2 is 1.62 bits per heavy atom. The molecule has 0 heteroatoms. The lowest BCUT2D eigenvalue weighted by Gasteiger charge is -2.28. The summed E-state index contributed by atoms with van der Waals surface area (Å²) in [6.07, 6.45) is 10.7. The van der Waals surface area contributed by atoms with Crippen LogP contribution in [-0.4, -0.2) is 0 Å². The van der Waals surface area contributed by atoms with Crippen LogP contribution in [0.2, 0.25) is 0 Å². The highest BCUT2D eigenvalue weighted by Gasteiger charge is 2.22. The maximum atomic E-state index is 2.54. The van der Waals surface area contributed by atoms with Crippen LogP contribution in [0.5, 0.6) is 0 Å². The fourth-order valence-corrected chi connectivity index (χ4v) is 4.14. The van der Waals surface area contributed by atoms with Gasteiger partial charge >= 0.3 is 0 Å². The number of hydrogen-bond acceptors (Lipinski definition) is 0. The molecule has 0 amide bonds. The van der Waals surface area contributed by atoms with Gasteiger partial charge in [0.15, 0.2) is 0 Å². The fourth-order valence-electron chi connectivity index (χ4n) is 4.14. The standard InChI is InChI=1S/C24H32/c1-3-4-6-9-20-14-17-23(21-10-7-5-8-11-21)24(18-20)22-15-12-19(2)13-16-22/h5,7-8,10-11,14,17-19,22H,3-4,6,9,12-13,15-16H2,1-2H3. The monoisotopic (exact) mass is 320 g/mol. The summed E-state index contributed by atoms with van der Waals surface area (Å²) in [6.45, 7) is 4.70. The molecule has 128 valence electrons. The van der Waals surface area contributed by atoms with Gasteiger partial charge in [0.05, 0.1) is 0 Å². The molecule has 0 aliphatic heterocycles. The van der Waals surface area contributed by atoms with Gasteiger partial charge in [-0.15, -0.1) is 0 Å². The fraction of sp³-hybridized carbons (Fsp3) is 0.500. The van der Waals surface area contributed by atoms with Gasteiger partial charge in [0.1, 0.15) is 0 Å². The van der Waals surface area contributed by atoms with Crippen molar-refractivity contribution in [3.63, 3.8) is 0 Å². The molecule has 1 aliphatic rings. The second-order valence-electron chi connectivity index (χ2n) is 7.70. The van der Waals surface area contributed by atoms with Crippen LogP contribution >= 0.6 is 0 Å². The molecule has 0 aromatic heterocycles. The molecule has 0 bridgehead atoms. The molecule has 2 aromatic carbocycles. The SMILES string of the molecule is CCCCCc1ccc(-c2ccccc2)c(C2CCC(C)CC2)c1. The summed E-state index contributed by atoms with van der Waals surface area (Å²) in [6, 6.07) is 18.3. The Kier molecular flexibility index (Phi) is 6.12. The van der Waals surface area contributed by atoms with Crippen LogP contribution in [-0.2, 0) is 6.42 Å². The molecule has 1 fully saturated rings. The Hall–Kier alpha value is -1.56. The van der Waals surface area contributed by atoms with E-state index in [1.54, 1.807) is 5.56 Å². The highest BCUT2D eigenvalue weighted by Crippen LogP contribution is 2.40. The summed E-state index contributed by atoms with van der Waals surface area (Å²) in [7, 11) is 0. The van der Waals surface area contributed by atoms with Crippen LogP contribution in [0.25, 0.3) is 11.1 Å². The summed E-state index contributed by atoms with van der Waals surface area (Å²) in [5.74, 6) is 1.66. The minimum Gasteiger partial charge on any atom is -0.0654 e. The quantitative estimate of drug-likeness (QED) is 0.487. The Balaban J connectivity index is 1.89. The van der Waals surface area contributed by atoms with Gasteiger partial charge in [0, 0.05) is 0 Å². The Morgan fingerprint density at radius 3 is 2.33 bits per heavy atom. The lowest BCUT2D eigenvalue weighted by Crippen LogP contribution is -2.12. The third-order valence-electron chi connectivity index (χ3n) is 5.73. The van der Waals surface area contributed by atoms with Crippen LogP contribution < -0.4 is 0 Å². The molecule has 0 unspecified atom stereocenters. The summed E-state index contributed by atoms with van der Waals surface area (Å²) in [5, 5.41) is 0. The first-order chi connectivity index (χ1) is 11.8. The molecule has 24 heavy (non-hydrogen) atoms. The summed E-state index contributed by atoms with van der Waals surface area (Å²) < 4.78 is 0. The molecular formula is C24H32. The summed E-state index contributed by atoms with van der Waals surface area (Å²) in [5.41, 5.74) is 6.00. The molecule has 2 aromatic rings. The second kappa shape index (κ2) is 8.51. The van der Waals surface area contributed by atoms with Crippen molar-refractivity contribution in [3.8, 4) is 11.1 Å². The first kappa shape index (κ1) is 17.3. The zero-order chi connectivity index (χ0) is 16.8. The Labute approximate surface area is 148 Å². The first-order valence-corrected chi connectivity index (χ1v) is 9.96.